The van der Waals surface area contributed by atoms with E-state index in [0.29, 0.717) is 12.4 Å². The largest absolute Gasteiger partial charge is 0.351 e. The van der Waals surface area contributed by atoms with Crippen LogP contribution >= 0.6 is 0 Å². The number of carbonyl (C=O) groups excluding carboxylic acids is 1. The zero-order valence-corrected chi connectivity index (χ0v) is 14.1. The molecule has 1 saturated heterocycles. The van der Waals surface area contributed by atoms with E-state index in [4.69, 9.17) is 0 Å². The molecule has 1 aromatic carbocycles. The third kappa shape index (κ3) is 3.95. The van der Waals surface area contributed by atoms with Gasteiger partial charge in [0.25, 0.3) is 0 Å². The molecule has 2 N–H and O–H groups in total. The Bertz CT molecular complexity index is 665. The zero-order valence-electron chi connectivity index (χ0n) is 14.1. The predicted octanol–water partition coefficient (Wildman–Crippen LogP) is 0.119. The molecule has 0 radical (unpaired) electrons. The number of aromatic nitrogens is 4. The van der Waals surface area contributed by atoms with Crippen LogP contribution in [0.3, 0.4) is 0 Å². The van der Waals surface area contributed by atoms with E-state index in [-0.39, 0.29) is 11.9 Å². The molecule has 0 saturated carbocycles. The lowest BCUT2D eigenvalue weighted by molar-refractivity contribution is -0.126. The molecule has 2 heterocycles. The van der Waals surface area contributed by atoms with Gasteiger partial charge in [-0.15, -0.1) is 10.2 Å². The van der Waals surface area contributed by atoms with E-state index in [1.54, 1.807) is 0 Å². The van der Waals surface area contributed by atoms with E-state index < -0.39 is 0 Å². The number of hydrogen-bond donors (Lipinski definition) is 2. The minimum atomic E-state index is -0.112. The summed E-state index contributed by atoms with van der Waals surface area (Å²) in [5, 5.41) is 17.0. The third-order valence-electron chi connectivity index (χ3n) is 4.46. The normalized spacial score (nSPS) is 17.6. The van der Waals surface area contributed by atoms with E-state index in [0.717, 1.165) is 37.3 Å². The van der Waals surface area contributed by atoms with Crippen molar-refractivity contribution < 1.29 is 4.79 Å². The standard InChI is InChI=1S/C16H23N7O/c1-12(23-8-6-22(2)7-9-23)16(24)17-11-13-4-3-5-14(10-13)15-18-20-21-19-15/h3-5,10,12H,6-9,11H2,1-2H3,(H,17,24)(H,18,19,20,21). The van der Waals surface area contributed by atoms with Crippen molar-refractivity contribution in [2.75, 3.05) is 33.2 Å². The summed E-state index contributed by atoms with van der Waals surface area (Å²) in [6, 6.07) is 7.68. The van der Waals surface area contributed by atoms with E-state index >= 15 is 0 Å². The van der Waals surface area contributed by atoms with Gasteiger partial charge in [-0.05, 0) is 30.8 Å². The quantitative estimate of drug-likeness (QED) is 0.810. The maximum atomic E-state index is 12.4. The first-order valence-corrected chi connectivity index (χ1v) is 8.16. The lowest BCUT2D eigenvalue weighted by Crippen LogP contribution is -2.52. The smallest absolute Gasteiger partial charge is 0.237 e. The van der Waals surface area contributed by atoms with Gasteiger partial charge < -0.3 is 10.2 Å². The molecule has 8 heteroatoms. The minimum absolute atomic E-state index is 0.0597. The first-order valence-electron chi connectivity index (χ1n) is 8.16. The number of benzene rings is 1. The van der Waals surface area contributed by atoms with Gasteiger partial charge in [0, 0.05) is 38.3 Å². The van der Waals surface area contributed by atoms with Crippen molar-refractivity contribution in [1.82, 2.24) is 35.7 Å². The number of aromatic amines is 1. The second-order valence-corrected chi connectivity index (χ2v) is 6.17. The fraction of sp³-hybridized carbons (Fsp3) is 0.500. The molecular weight excluding hydrogens is 306 g/mol. The number of H-pyrrole nitrogens is 1. The first kappa shape index (κ1) is 16.5. The summed E-state index contributed by atoms with van der Waals surface area (Å²) in [5.74, 6) is 0.610. The second-order valence-electron chi connectivity index (χ2n) is 6.17. The van der Waals surface area contributed by atoms with Crippen LogP contribution in [-0.2, 0) is 11.3 Å². The molecule has 0 bridgehead atoms. The molecule has 24 heavy (non-hydrogen) atoms. The van der Waals surface area contributed by atoms with Gasteiger partial charge in [0.2, 0.25) is 11.7 Å². The lowest BCUT2D eigenvalue weighted by atomic mass is 10.1. The Morgan fingerprint density at radius 1 is 1.33 bits per heavy atom. The van der Waals surface area contributed by atoms with E-state index in [9.17, 15) is 4.79 Å². The summed E-state index contributed by atoms with van der Waals surface area (Å²) in [7, 11) is 2.11. The second kappa shape index (κ2) is 7.50. The number of amides is 1. The summed E-state index contributed by atoms with van der Waals surface area (Å²) < 4.78 is 0. The van der Waals surface area contributed by atoms with Crippen LogP contribution in [-0.4, -0.2) is 75.6 Å². The molecular formula is C16H23N7O. The van der Waals surface area contributed by atoms with Crippen molar-refractivity contribution in [3.05, 3.63) is 29.8 Å². The summed E-state index contributed by atoms with van der Waals surface area (Å²) in [5.41, 5.74) is 1.89. The lowest BCUT2D eigenvalue weighted by Gasteiger charge is -2.35. The topological polar surface area (TPSA) is 90.0 Å². The molecule has 3 rings (SSSR count). The summed E-state index contributed by atoms with van der Waals surface area (Å²) in [6.45, 7) is 6.32. The van der Waals surface area contributed by atoms with Crippen molar-refractivity contribution in [3.8, 4) is 11.4 Å². The number of nitrogens with one attached hydrogen (secondary N) is 2. The van der Waals surface area contributed by atoms with E-state index in [1.807, 2.05) is 31.2 Å². The van der Waals surface area contributed by atoms with Crippen LogP contribution in [0, 0.1) is 0 Å². The summed E-state index contributed by atoms with van der Waals surface area (Å²) in [6.07, 6.45) is 0. The van der Waals surface area contributed by atoms with Gasteiger partial charge in [0.05, 0.1) is 6.04 Å². The van der Waals surface area contributed by atoms with Crippen molar-refractivity contribution >= 4 is 5.91 Å². The van der Waals surface area contributed by atoms with Crippen molar-refractivity contribution in [1.29, 1.82) is 0 Å². The van der Waals surface area contributed by atoms with Crippen LogP contribution in [0.5, 0.6) is 0 Å². The van der Waals surface area contributed by atoms with Gasteiger partial charge in [-0.1, -0.05) is 18.2 Å². The predicted molar refractivity (Wildman–Crippen MR) is 90.0 cm³/mol. The van der Waals surface area contributed by atoms with Gasteiger partial charge in [-0.25, -0.2) is 0 Å². The van der Waals surface area contributed by atoms with Crippen molar-refractivity contribution in [3.63, 3.8) is 0 Å². The van der Waals surface area contributed by atoms with Gasteiger partial charge >= 0.3 is 0 Å². The number of piperazine rings is 1. The Kier molecular flexibility index (Phi) is 5.17. The Morgan fingerprint density at radius 3 is 2.83 bits per heavy atom. The number of tetrazole rings is 1. The molecule has 0 aliphatic carbocycles. The van der Waals surface area contributed by atoms with Gasteiger partial charge in [0.1, 0.15) is 0 Å². The molecule has 1 atom stereocenters. The number of rotatable bonds is 5. The van der Waals surface area contributed by atoms with Crippen LogP contribution in [0.1, 0.15) is 12.5 Å². The molecule has 2 aromatic rings. The van der Waals surface area contributed by atoms with E-state index in [2.05, 4.69) is 42.8 Å². The Balaban J connectivity index is 1.55. The Morgan fingerprint density at radius 2 is 2.12 bits per heavy atom. The molecule has 1 aliphatic heterocycles. The van der Waals surface area contributed by atoms with E-state index in [1.165, 1.54) is 0 Å². The number of nitrogens with zero attached hydrogens (tertiary/aromatic N) is 5. The molecule has 1 aliphatic rings. The highest BCUT2D eigenvalue weighted by atomic mass is 16.2. The van der Waals surface area contributed by atoms with Gasteiger partial charge in [0.15, 0.2) is 0 Å². The first-order chi connectivity index (χ1) is 11.6. The van der Waals surface area contributed by atoms with Crippen LogP contribution in [0.15, 0.2) is 24.3 Å². The highest BCUT2D eigenvalue weighted by Gasteiger charge is 2.24. The molecule has 0 spiro atoms. The highest BCUT2D eigenvalue weighted by molar-refractivity contribution is 5.81. The number of carbonyl (C=O) groups is 1. The van der Waals surface area contributed by atoms with Crippen molar-refractivity contribution in [2.24, 2.45) is 0 Å². The van der Waals surface area contributed by atoms with Crippen LogP contribution in [0.2, 0.25) is 0 Å². The molecule has 1 unspecified atom stereocenters. The van der Waals surface area contributed by atoms with Crippen LogP contribution < -0.4 is 5.32 Å². The molecule has 1 amide bonds. The maximum absolute atomic E-state index is 12.4. The molecule has 128 valence electrons. The number of likely N-dealkylation sites (N-methyl/N-ethyl adjacent to an activating group) is 1. The van der Waals surface area contributed by atoms with Crippen LogP contribution in [0.25, 0.3) is 11.4 Å². The van der Waals surface area contributed by atoms with Gasteiger partial charge in [-0.2, -0.15) is 5.21 Å². The fourth-order valence-electron chi connectivity index (χ4n) is 2.82. The highest BCUT2D eigenvalue weighted by Crippen LogP contribution is 2.15. The van der Waals surface area contributed by atoms with Crippen LogP contribution in [0.4, 0.5) is 0 Å². The summed E-state index contributed by atoms with van der Waals surface area (Å²) in [4.78, 5) is 16.9. The monoisotopic (exact) mass is 329 g/mol. The third-order valence-corrected chi connectivity index (χ3v) is 4.46. The Hall–Kier alpha value is -2.32. The average Bonchev–Trinajstić information content (AvgIpc) is 3.15. The van der Waals surface area contributed by atoms with Gasteiger partial charge in [-0.3, -0.25) is 9.69 Å². The Labute approximate surface area is 141 Å². The fourth-order valence-corrected chi connectivity index (χ4v) is 2.82. The molecule has 8 nitrogen and oxygen atoms in total. The number of hydrogen-bond acceptors (Lipinski definition) is 6. The zero-order chi connectivity index (χ0) is 16.9. The molecule has 1 aromatic heterocycles. The SMILES string of the molecule is CC(C(=O)NCc1cccc(-c2nn[nH]n2)c1)N1CCN(C)CC1. The maximum Gasteiger partial charge on any atom is 0.237 e. The average molecular weight is 329 g/mol. The molecule has 1 fully saturated rings. The minimum Gasteiger partial charge on any atom is -0.351 e. The van der Waals surface area contributed by atoms with Crippen molar-refractivity contribution in [2.45, 2.75) is 19.5 Å². The summed E-state index contributed by atoms with van der Waals surface area (Å²) >= 11 is 0.